The Morgan fingerprint density at radius 3 is 1.94 bits per heavy atom. The lowest BCUT2D eigenvalue weighted by Crippen LogP contribution is -2.12. The Hall–Kier alpha value is -5.92. The Morgan fingerprint density at radius 1 is 0.480 bits per heavy atom. The van der Waals surface area contributed by atoms with Gasteiger partial charge in [-0.1, -0.05) is 169 Å². The van der Waals surface area contributed by atoms with Crippen LogP contribution in [0.2, 0.25) is 0 Å². The minimum Gasteiger partial charge on any atom is -0.309 e. The number of para-hydroxylation sites is 1. The predicted octanol–water partition coefficient (Wildman–Crippen LogP) is 14.1. The number of nitrogens with zero attached hydrogens (tertiary/aromatic N) is 1. The van der Waals surface area contributed by atoms with Gasteiger partial charge in [-0.05, 0) is 96.7 Å². The molecule has 50 heavy (non-hydrogen) atoms. The van der Waals surface area contributed by atoms with Crippen LogP contribution in [0.25, 0.3) is 38.6 Å². The lowest BCUT2D eigenvalue weighted by atomic mass is 9.91. The van der Waals surface area contributed by atoms with Crippen molar-refractivity contribution in [2.24, 2.45) is 0 Å². The molecule has 0 saturated heterocycles. The SMILES string of the molecule is CC1=C(c2ccccc2C)C=CCC1.Cc1cccc(-c2ccccc2N(c2cccc(-c3ccccc3)c2)c2cccc3ccccc23)c1. The quantitative estimate of drug-likeness (QED) is 0.174. The van der Waals surface area contributed by atoms with E-state index in [1.165, 1.54) is 79.4 Å². The average molecular weight is 646 g/mol. The van der Waals surface area contributed by atoms with Crippen molar-refractivity contribution in [3.05, 3.63) is 204 Å². The molecule has 8 rings (SSSR count). The molecule has 0 N–H and O–H groups in total. The Morgan fingerprint density at radius 2 is 1.12 bits per heavy atom. The third-order valence-electron chi connectivity index (χ3n) is 9.56. The van der Waals surface area contributed by atoms with E-state index in [0.29, 0.717) is 0 Å². The molecule has 0 saturated carbocycles. The van der Waals surface area contributed by atoms with Crippen LogP contribution in [0, 0.1) is 13.8 Å². The normalized spacial score (nSPS) is 12.4. The highest BCUT2D eigenvalue weighted by atomic mass is 15.1. The number of benzene rings is 7. The Balaban J connectivity index is 0.000000234. The summed E-state index contributed by atoms with van der Waals surface area (Å²) in [6, 6.07) is 60.7. The molecule has 0 aromatic heterocycles. The predicted molar refractivity (Wildman–Crippen MR) is 216 cm³/mol. The Labute approximate surface area is 297 Å². The summed E-state index contributed by atoms with van der Waals surface area (Å²) in [4.78, 5) is 2.41. The average Bonchev–Trinajstić information content (AvgIpc) is 3.17. The molecule has 0 atom stereocenters. The molecule has 1 aliphatic carbocycles. The lowest BCUT2D eigenvalue weighted by molar-refractivity contribution is 0.967. The number of aryl methyl sites for hydroxylation is 2. The van der Waals surface area contributed by atoms with Crippen LogP contribution in [-0.4, -0.2) is 0 Å². The van der Waals surface area contributed by atoms with E-state index in [4.69, 9.17) is 0 Å². The van der Waals surface area contributed by atoms with Gasteiger partial charge in [0.05, 0.1) is 11.4 Å². The zero-order chi connectivity index (χ0) is 34.3. The lowest BCUT2D eigenvalue weighted by Gasteiger charge is -2.29. The molecule has 0 unspecified atom stereocenters. The van der Waals surface area contributed by atoms with Crippen LogP contribution >= 0.6 is 0 Å². The molecule has 0 aliphatic heterocycles. The highest BCUT2D eigenvalue weighted by molar-refractivity contribution is 6.01. The minimum absolute atomic E-state index is 1.13. The summed E-state index contributed by atoms with van der Waals surface area (Å²) in [5, 5.41) is 2.46. The first-order valence-electron chi connectivity index (χ1n) is 17.6. The van der Waals surface area contributed by atoms with Crippen molar-refractivity contribution in [3.63, 3.8) is 0 Å². The van der Waals surface area contributed by atoms with E-state index < -0.39 is 0 Å². The second-order valence-corrected chi connectivity index (χ2v) is 13.1. The van der Waals surface area contributed by atoms with Gasteiger partial charge in [-0.3, -0.25) is 0 Å². The van der Waals surface area contributed by atoms with Gasteiger partial charge < -0.3 is 4.90 Å². The van der Waals surface area contributed by atoms with Crippen molar-refractivity contribution in [2.75, 3.05) is 4.90 Å². The molecule has 1 aliphatic rings. The van der Waals surface area contributed by atoms with Gasteiger partial charge in [0.2, 0.25) is 0 Å². The number of hydrogen-bond donors (Lipinski definition) is 0. The molecular formula is C49H43N. The number of allylic oxidation sites excluding steroid dienone is 4. The fourth-order valence-electron chi connectivity index (χ4n) is 6.96. The van der Waals surface area contributed by atoms with E-state index in [1.54, 1.807) is 0 Å². The summed E-state index contributed by atoms with van der Waals surface area (Å²) in [5.41, 5.74) is 15.2. The first-order valence-corrected chi connectivity index (χ1v) is 17.6. The Bertz CT molecular complexity index is 2300. The summed E-state index contributed by atoms with van der Waals surface area (Å²) < 4.78 is 0. The number of anilines is 3. The van der Waals surface area contributed by atoms with Gasteiger partial charge >= 0.3 is 0 Å². The molecule has 7 aromatic rings. The van der Waals surface area contributed by atoms with E-state index in [9.17, 15) is 0 Å². The largest absolute Gasteiger partial charge is 0.309 e. The first kappa shape index (κ1) is 32.6. The fourth-order valence-corrected chi connectivity index (χ4v) is 6.96. The summed E-state index contributed by atoms with van der Waals surface area (Å²) in [6.07, 6.45) is 6.94. The molecule has 0 spiro atoms. The van der Waals surface area contributed by atoms with Gasteiger partial charge in [0.1, 0.15) is 0 Å². The van der Waals surface area contributed by atoms with Crippen LogP contribution in [0.3, 0.4) is 0 Å². The molecular weight excluding hydrogens is 603 g/mol. The highest BCUT2D eigenvalue weighted by Crippen LogP contribution is 2.44. The number of hydrogen-bond acceptors (Lipinski definition) is 1. The van der Waals surface area contributed by atoms with E-state index >= 15 is 0 Å². The van der Waals surface area contributed by atoms with Crippen molar-refractivity contribution in [1.29, 1.82) is 0 Å². The Kier molecular flexibility index (Phi) is 9.85. The van der Waals surface area contributed by atoms with Gasteiger partial charge in [0.25, 0.3) is 0 Å². The van der Waals surface area contributed by atoms with Gasteiger partial charge in [0.15, 0.2) is 0 Å². The smallest absolute Gasteiger partial charge is 0.0540 e. The maximum absolute atomic E-state index is 2.41. The maximum atomic E-state index is 2.41. The minimum atomic E-state index is 1.13. The third kappa shape index (κ3) is 7.09. The van der Waals surface area contributed by atoms with Crippen LogP contribution < -0.4 is 4.90 Å². The zero-order valence-corrected chi connectivity index (χ0v) is 29.2. The molecule has 0 heterocycles. The number of fused-ring (bicyclic) bond motifs is 1. The second kappa shape index (κ2) is 15.1. The maximum Gasteiger partial charge on any atom is 0.0540 e. The van der Waals surface area contributed by atoms with Crippen LogP contribution in [0.4, 0.5) is 17.1 Å². The zero-order valence-electron chi connectivity index (χ0n) is 29.2. The second-order valence-electron chi connectivity index (χ2n) is 13.1. The topological polar surface area (TPSA) is 3.24 Å². The van der Waals surface area contributed by atoms with Crippen molar-refractivity contribution in [1.82, 2.24) is 0 Å². The van der Waals surface area contributed by atoms with Gasteiger partial charge in [-0.25, -0.2) is 0 Å². The van der Waals surface area contributed by atoms with Crippen LogP contribution in [0.1, 0.15) is 36.5 Å². The summed E-state index contributed by atoms with van der Waals surface area (Å²) in [6.45, 7) is 6.57. The van der Waals surface area contributed by atoms with Gasteiger partial charge in [-0.2, -0.15) is 0 Å². The summed E-state index contributed by atoms with van der Waals surface area (Å²) >= 11 is 0. The van der Waals surface area contributed by atoms with Crippen molar-refractivity contribution in [2.45, 2.75) is 33.6 Å². The molecule has 0 amide bonds. The first-order chi connectivity index (χ1) is 24.6. The molecule has 0 radical (unpaired) electrons. The monoisotopic (exact) mass is 645 g/mol. The molecule has 244 valence electrons. The third-order valence-corrected chi connectivity index (χ3v) is 9.56. The standard InChI is InChI=1S/C35H27N.C14H16/c1-26-12-9-18-30(24-26)33-21-7-8-22-34(33)36(35-23-11-16-28-15-5-6-20-32(28)35)31-19-10-17-29(25-31)27-13-3-2-4-14-27;1-11-7-3-5-9-13(11)14-10-6-4-8-12(14)2/h2-25H,1H3;3,5-7,9-10H,4,8H2,1-2H3. The van der Waals surface area contributed by atoms with E-state index in [-0.39, 0.29) is 0 Å². The molecule has 1 nitrogen and oxygen atoms in total. The summed E-state index contributed by atoms with van der Waals surface area (Å²) in [7, 11) is 0. The van der Waals surface area contributed by atoms with Crippen molar-refractivity contribution in [3.8, 4) is 22.3 Å². The van der Waals surface area contributed by atoms with Crippen LogP contribution in [0.5, 0.6) is 0 Å². The van der Waals surface area contributed by atoms with Crippen molar-refractivity contribution < 1.29 is 0 Å². The molecule has 0 fully saturated rings. The number of rotatable bonds is 6. The molecule has 0 bridgehead atoms. The van der Waals surface area contributed by atoms with Crippen LogP contribution in [0.15, 0.2) is 188 Å². The van der Waals surface area contributed by atoms with Crippen LogP contribution in [-0.2, 0) is 0 Å². The van der Waals surface area contributed by atoms with E-state index in [1.807, 2.05) is 0 Å². The van der Waals surface area contributed by atoms with E-state index in [0.717, 1.165) is 11.4 Å². The fraction of sp³-hybridized carbons (Fsp3) is 0.102. The van der Waals surface area contributed by atoms with E-state index in [2.05, 4.69) is 208 Å². The van der Waals surface area contributed by atoms with Gasteiger partial charge in [-0.15, -0.1) is 0 Å². The van der Waals surface area contributed by atoms with Gasteiger partial charge in [0, 0.05) is 16.6 Å². The molecule has 7 aromatic carbocycles. The summed E-state index contributed by atoms with van der Waals surface area (Å²) in [5.74, 6) is 0. The van der Waals surface area contributed by atoms with Crippen molar-refractivity contribution >= 4 is 33.4 Å². The highest BCUT2D eigenvalue weighted by Gasteiger charge is 2.19. The molecule has 1 heteroatoms.